The Morgan fingerprint density at radius 2 is 2.15 bits per heavy atom. The largest absolute Gasteiger partial charge is 0.496 e. The smallest absolute Gasteiger partial charge is 0.285 e. The average molecular weight is 294 g/mol. The molecule has 20 heavy (non-hydrogen) atoms. The molecule has 106 valence electrons. The third-order valence-electron chi connectivity index (χ3n) is 3.10. The molecule has 0 aliphatic rings. The van der Waals surface area contributed by atoms with E-state index in [4.69, 9.17) is 16.3 Å². The Bertz CT molecular complexity index is 642. The quantitative estimate of drug-likeness (QED) is 0.917. The second-order valence-electron chi connectivity index (χ2n) is 4.38. The fourth-order valence-corrected chi connectivity index (χ4v) is 2.19. The lowest BCUT2D eigenvalue weighted by Gasteiger charge is -2.20. The first-order valence-corrected chi connectivity index (χ1v) is 6.57. The van der Waals surface area contributed by atoms with Crippen molar-refractivity contribution >= 4 is 17.3 Å². The van der Waals surface area contributed by atoms with Crippen LogP contribution in [0.15, 0.2) is 35.3 Å². The van der Waals surface area contributed by atoms with Gasteiger partial charge in [-0.15, -0.1) is 0 Å². The van der Waals surface area contributed by atoms with Crippen LogP contribution in [0, 0.1) is 0 Å². The zero-order chi connectivity index (χ0) is 14.5. The normalized spacial score (nSPS) is 10.3. The molecule has 0 aliphatic carbocycles. The molecular weight excluding hydrogens is 278 g/mol. The van der Waals surface area contributed by atoms with Crippen LogP contribution in [-0.4, -0.2) is 30.9 Å². The highest BCUT2D eigenvalue weighted by molar-refractivity contribution is 6.32. The predicted octanol–water partition coefficient (Wildman–Crippen LogP) is 2.11. The Labute approximate surface area is 122 Å². The summed E-state index contributed by atoms with van der Waals surface area (Å²) in [5.74, 6) is 0.857. The first-order chi connectivity index (χ1) is 9.63. The maximum absolute atomic E-state index is 11.4. The topological polar surface area (TPSA) is 58.2 Å². The van der Waals surface area contributed by atoms with Gasteiger partial charge in [0.05, 0.1) is 19.0 Å². The second kappa shape index (κ2) is 6.43. The van der Waals surface area contributed by atoms with Crippen molar-refractivity contribution in [3.8, 4) is 5.75 Å². The molecule has 1 N–H and O–H groups in total. The minimum Gasteiger partial charge on any atom is -0.496 e. The van der Waals surface area contributed by atoms with Gasteiger partial charge in [0, 0.05) is 13.6 Å². The predicted molar refractivity (Wildman–Crippen MR) is 79.8 cm³/mol. The Kier molecular flexibility index (Phi) is 4.63. The van der Waals surface area contributed by atoms with E-state index in [2.05, 4.69) is 10.2 Å². The molecule has 2 aromatic rings. The molecule has 0 amide bonds. The van der Waals surface area contributed by atoms with Crippen molar-refractivity contribution < 1.29 is 4.74 Å². The van der Waals surface area contributed by atoms with E-state index in [1.807, 2.05) is 36.2 Å². The number of aromatic amines is 1. The van der Waals surface area contributed by atoms with Crippen molar-refractivity contribution in [1.82, 2.24) is 10.2 Å². The lowest BCUT2D eigenvalue weighted by molar-refractivity contribution is 0.409. The molecule has 0 atom stereocenters. The van der Waals surface area contributed by atoms with Gasteiger partial charge >= 0.3 is 0 Å². The van der Waals surface area contributed by atoms with Crippen LogP contribution >= 0.6 is 11.6 Å². The third kappa shape index (κ3) is 3.11. The molecule has 1 aromatic heterocycles. The molecule has 0 fully saturated rings. The summed E-state index contributed by atoms with van der Waals surface area (Å²) in [4.78, 5) is 13.3. The maximum atomic E-state index is 11.4. The van der Waals surface area contributed by atoms with Crippen molar-refractivity contribution in [2.75, 3.05) is 25.6 Å². The van der Waals surface area contributed by atoms with Gasteiger partial charge in [-0.25, -0.2) is 5.10 Å². The van der Waals surface area contributed by atoms with E-state index >= 15 is 0 Å². The summed E-state index contributed by atoms with van der Waals surface area (Å²) >= 11 is 5.98. The number of hydrogen-bond donors (Lipinski definition) is 1. The highest BCUT2D eigenvalue weighted by Gasteiger charge is 2.10. The number of likely N-dealkylation sites (N-methyl/N-ethyl adjacent to an activating group) is 1. The molecule has 1 heterocycles. The molecule has 6 heteroatoms. The number of rotatable bonds is 5. The van der Waals surface area contributed by atoms with Crippen LogP contribution in [0.25, 0.3) is 0 Å². The molecule has 0 radical (unpaired) electrons. The molecule has 0 bridgehead atoms. The Morgan fingerprint density at radius 1 is 1.40 bits per heavy atom. The van der Waals surface area contributed by atoms with Gasteiger partial charge in [-0.3, -0.25) is 4.79 Å². The summed E-state index contributed by atoms with van der Waals surface area (Å²) in [6.45, 7) is 0.700. The number of H-pyrrole nitrogens is 1. The summed E-state index contributed by atoms with van der Waals surface area (Å²) in [7, 11) is 3.53. The number of ether oxygens (including phenoxy) is 1. The Hall–Kier alpha value is -2.01. The lowest BCUT2D eigenvalue weighted by Crippen LogP contribution is -2.23. The van der Waals surface area contributed by atoms with Gasteiger partial charge in [-0.1, -0.05) is 29.8 Å². The maximum Gasteiger partial charge on any atom is 0.285 e. The first kappa shape index (κ1) is 14.4. The van der Waals surface area contributed by atoms with Crippen molar-refractivity contribution in [3.05, 3.63) is 51.4 Å². The minimum absolute atomic E-state index is 0.155. The Morgan fingerprint density at radius 3 is 2.90 bits per heavy atom. The highest BCUT2D eigenvalue weighted by atomic mass is 35.5. The number of benzene rings is 1. The number of aromatic nitrogens is 2. The summed E-state index contributed by atoms with van der Waals surface area (Å²) in [5.41, 5.74) is 1.34. The number of methoxy groups -OCH3 is 1. The van der Waals surface area contributed by atoms with E-state index in [9.17, 15) is 4.79 Å². The number of nitrogens with zero attached hydrogens (tertiary/aromatic N) is 2. The van der Waals surface area contributed by atoms with E-state index in [1.54, 1.807) is 13.3 Å². The Balaban J connectivity index is 2.11. The van der Waals surface area contributed by atoms with Crippen LogP contribution in [0.1, 0.15) is 5.56 Å². The fraction of sp³-hybridized carbons (Fsp3) is 0.286. The van der Waals surface area contributed by atoms with Crippen molar-refractivity contribution in [3.63, 3.8) is 0 Å². The number of anilines is 1. The van der Waals surface area contributed by atoms with E-state index in [0.717, 1.165) is 17.7 Å². The van der Waals surface area contributed by atoms with Crippen molar-refractivity contribution in [2.45, 2.75) is 6.42 Å². The van der Waals surface area contributed by atoms with E-state index in [1.165, 1.54) is 0 Å². The number of hydrogen-bond acceptors (Lipinski definition) is 4. The monoisotopic (exact) mass is 293 g/mol. The van der Waals surface area contributed by atoms with Gasteiger partial charge in [0.1, 0.15) is 10.8 Å². The van der Waals surface area contributed by atoms with Crippen LogP contribution in [0.4, 0.5) is 5.69 Å². The number of para-hydroxylation sites is 1. The zero-order valence-corrected chi connectivity index (χ0v) is 12.1. The molecule has 0 saturated heterocycles. The SMILES string of the molecule is COc1ccccc1CCN(C)c1cn[nH]c(=O)c1Cl. The minimum atomic E-state index is -0.381. The van der Waals surface area contributed by atoms with E-state index in [-0.39, 0.29) is 10.6 Å². The summed E-state index contributed by atoms with van der Waals surface area (Å²) in [6, 6.07) is 7.85. The summed E-state index contributed by atoms with van der Waals surface area (Å²) in [6.07, 6.45) is 2.33. The molecule has 2 rings (SSSR count). The van der Waals surface area contributed by atoms with Crippen LogP contribution in [0.5, 0.6) is 5.75 Å². The van der Waals surface area contributed by atoms with Crippen molar-refractivity contribution in [2.24, 2.45) is 0 Å². The molecule has 5 nitrogen and oxygen atoms in total. The van der Waals surface area contributed by atoms with E-state index < -0.39 is 0 Å². The molecule has 0 saturated carbocycles. The lowest BCUT2D eigenvalue weighted by atomic mass is 10.1. The van der Waals surface area contributed by atoms with Gasteiger partial charge in [0.25, 0.3) is 5.56 Å². The summed E-state index contributed by atoms with van der Waals surface area (Å²) in [5, 5.41) is 6.22. The standard InChI is InChI=1S/C14H16ClN3O2/c1-18(11-9-16-17-14(19)13(11)15)8-7-10-5-3-4-6-12(10)20-2/h3-6,9H,7-8H2,1-2H3,(H,17,19). The second-order valence-corrected chi connectivity index (χ2v) is 4.76. The number of halogens is 1. The summed E-state index contributed by atoms with van der Waals surface area (Å²) < 4.78 is 5.31. The molecule has 0 aliphatic heterocycles. The third-order valence-corrected chi connectivity index (χ3v) is 3.46. The van der Waals surface area contributed by atoms with Gasteiger partial charge in [0.2, 0.25) is 0 Å². The van der Waals surface area contributed by atoms with Crippen LogP contribution in [0.2, 0.25) is 5.02 Å². The van der Waals surface area contributed by atoms with Crippen LogP contribution in [-0.2, 0) is 6.42 Å². The first-order valence-electron chi connectivity index (χ1n) is 6.19. The van der Waals surface area contributed by atoms with E-state index in [0.29, 0.717) is 12.2 Å². The molecular formula is C14H16ClN3O2. The molecule has 0 unspecified atom stereocenters. The van der Waals surface area contributed by atoms with Gasteiger partial charge in [-0.05, 0) is 18.1 Å². The average Bonchev–Trinajstić information content (AvgIpc) is 2.48. The number of nitrogens with one attached hydrogen (secondary N) is 1. The van der Waals surface area contributed by atoms with Gasteiger partial charge < -0.3 is 9.64 Å². The van der Waals surface area contributed by atoms with Gasteiger partial charge in [-0.2, -0.15) is 5.10 Å². The van der Waals surface area contributed by atoms with Crippen LogP contribution in [0.3, 0.4) is 0 Å². The van der Waals surface area contributed by atoms with Crippen molar-refractivity contribution in [1.29, 1.82) is 0 Å². The van der Waals surface area contributed by atoms with Gasteiger partial charge in [0.15, 0.2) is 0 Å². The zero-order valence-electron chi connectivity index (χ0n) is 11.4. The molecule has 1 aromatic carbocycles. The van der Waals surface area contributed by atoms with Crippen LogP contribution < -0.4 is 15.2 Å². The highest BCUT2D eigenvalue weighted by Crippen LogP contribution is 2.21. The molecule has 0 spiro atoms. The fourth-order valence-electron chi connectivity index (χ4n) is 1.96.